The van der Waals surface area contributed by atoms with E-state index in [1.165, 1.54) is 11.1 Å². The number of nitrogens with one attached hydrogen (secondary N) is 1. The zero-order chi connectivity index (χ0) is 14.4. The van der Waals surface area contributed by atoms with Crippen molar-refractivity contribution in [3.05, 3.63) is 29.3 Å². The molecule has 0 atom stereocenters. The molecule has 2 rings (SSSR count). The van der Waals surface area contributed by atoms with Crippen LogP contribution in [0, 0.1) is 5.92 Å². The van der Waals surface area contributed by atoms with Gasteiger partial charge in [-0.3, -0.25) is 4.99 Å². The fraction of sp³-hybridized carbons (Fsp3) is 0.562. The van der Waals surface area contributed by atoms with Crippen LogP contribution in [0.3, 0.4) is 0 Å². The number of methoxy groups -OCH3 is 1. The summed E-state index contributed by atoms with van der Waals surface area (Å²) in [6.07, 6.45) is 0.995. The summed E-state index contributed by atoms with van der Waals surface area (Å²) >= 11 is 0. The van der Waals surface area contributed by atoms with Gasteiger partial charge in [-0.15, -0.1) is 0 Å². The largest absolute Gasteiger partial charge is 0.485 e. The second-order valence-corrected chi connectivity index (χ2v) is 5.47. The summed E-state index contributed by atoms with van der Waals surface area (Å²) in [5.74, 6) is 2.47. The molecule has 0 bridgehead atoms. The molecule has 1 aromatic rings. The van der Waals surface area contributed by atoms with Gasteiger partial charge in [-0.25, -0.2) is 0 Å². The Kier molecular flexibility index (Phi) is 5.41. The molecule has 4 heteroatoms. The second-order valence-electron chi connectivity index (χ2n) is 5.47. The number of hydrogen-bond acceptors (Lipinski definition) is 4. The molecule has 0 unspecified atom stereocenters. The van der Waals surface area contributed by atoms with Crippen LogP contribution >= 0.6 is 0 Å². The van der Waals surface area contributed by atoms with Crippen molar-refractivity contribution in [3.8, 4) is 5.75 Å². The highest BCUT2D eigenvalue weighted by Crippen LogP contribution is 2.26. The van der Waals surface area contributed by atoms with Crippen molar-refractivity contribution in [1.29, 1.82) is 0 Å². The average molecular weight is 276 g/mol. The van der Waals surface area contributed by atoms with Gasteiger partial charge in [0.1, 0.15) is 18.2 Å². The van der Waals surface area contributed by atoms with Gasteiger partial charge in [-0.1, -0.05) is 26.0 Å². The average Bonchev–Trinajstić information content (AvgIpc) is 2.92. The van der Waals surface area contributed by atoms with Crippen LogP contribution in [0.1, 0.15) is 25.0 Å². The number of amidine groups is 1. The quantitative estimate of drug-likeness (QED) is 0.831. The molecule has 1 aliphatic heterocycles. The molecular weight excluding hydrogens is 252 g/mol. The molecule has 1 N–H and O–H groups in total. The summed E-state index contributed by atoms with van der Waals surface area (Å²) in [5.41, 5.74) is 2.46. The van der Waals surface area contributed by atoms with Crippen LogP contribution in [0.25, 0.3) is 0 Å². The van der Waals surface area contributed by atoms with E-state index in [1.807, 2.05) is 12.1 Å². The van der Waals surface area contributed by atoms with E-state index in [0.29, 0.717) is 19.1 Å². The lowest BCUT2D eigenvalue weighted by atomic mass is 9.97. The summed E-state index contributed by atoms with van der Waals surface area (Å²) in [4.78, 5) is 4.36. The number of hydrogen-bond donors (Lipinski definition) is 1. The van der Waals surface area contributed by atoms with Crippen molar-refractivity contribution in [1.82, 2.24) is 5.32 Å². The van der Waals surface area contributed by atoms with Gasteiger partial charge in [-0.05, 0) is 29.5 Å². The van der Waals surface area contributed by atoms with Crippen molar-refractivity contribution in [2.75, 3.05) is 26.8 Å². The maximum absolute atomic E-state index is 5.96. The van der Waals surface area contributed by atoms with Gasteiger partial charge in [0.05, 0.1) is 13.2 Å². The fourth-order valence-electron chi connectivity index (χ4n) is 2.37. The third kappa shape index (κ3) is 3.97. The normalized spacial score (nSPS) is 14.3. The van der Waals surface area contributed by atoms with Crippen molar-refractivity contribution >= 4 is 5.84 Å². The van der Waals surface area contributed by atoms with Crippen molar-refractivity contribution < 1.29 is 9.47 Å². The molecule has 0 saturated carbocycles. The standard InChI is InChI=1S/C16H24N2O2/c1-12(2)9-14-13(10-19-3)5-4-6-15(14)20-11-16-17-7-8-18-16/h4-6,12H,7-11H2,1-3H3,(H,17,18). The Bertz CT molecular complexity index is 470. The Morgan fingerprint density at radius 3 is 2.80 bits per heavy atom. The maximum Gasteiger partial charge on any atom is 0.145 e. The van der Waals surface area contributed by atoms with Crippen LogP contribution in [0.4, 0.5) is 0 Å². The van der Waals surface area contributed by atoms with E-state index in [-0.39, 0.29) is 0 Å². The van der Waals surface area contributed by atoms with Gasteiger partial charge < -0.3 is 14.8 Å². The van der Waals surface area contributed by atoms with Gasteiger partial charge in [0, 0.05) is 13.7 Å². The predicted molar refractivity (Wildman–Crippen MR) is 81.5 cm³/mol. The Balaban J connectivity index is 2.14. The van der Waals surface area contributed by atoms with Gasteiger partial charge in [-0.2, -0.15) is 0 Å². The minimum Gasteiger partial charge on any atom is -0.485 e. The molecule has 1 heterocycles. The van der Waals surface area contributed by atoms with Crippen LogP contribution in [0.5, 0.6) is 5.75 Å². The minimum absolute atomic E-state index is 0.515. The molecule has 1 aliphatic rings. The van der Waals surface area contributed by atoms with Crippen LogP contribution < -0.4 is 10.1 Å². The molecule has 1 aromatic carbocycles. The smallest absolute Gasteiger partial charge is 0.145 e. The zero-order valence-corrected chi connectivity index (χ0v) is 12.6. The lowest BCUT2D eigenvalue weighted by Gasteiger charge is -2.17. The first-order chi connectivity index (χ1) is 9.70. The van der Waals surface area contributed by atoms with E-state index in [9.17, 15) is 0 Å². The highest BCUT2D eigenvalue weighted by Gasteiger charge is 2.13. The molecule has 110 valence electrons. The number of aliphatic imine (C=N–C) groups is 1. The third-order valence-electron chi connectivity index (χ3n) is 3.25. The molecule has 0 fully saturated rings. The Hall–Kier alpha value is -1.55. The summed E-state index contributed by atoms with van der Waals surface area (Å²) in [5, 5.41) is 3.23. The number of ether oxygens (including phenoxy) is 2. The Labute approximate surface area is 121 Å². The summed E-state index contributed by atoms with van der Waals surface area (Å²) in [6, 6.07) is 6.17. The van der Waals surface area contributed by atoms with Crippen LogP contribution in [-0.4, -0.2) is 32.6 Å². The van der Waals surface area contributed by atoms with E-state index in [1.54, 1.807) is 7.11 Å². The lowest BCUT2D eigenvalue weighted by Crippen LogP contribution is -2.25. The summed E-state index contributed by atoms with van der Waals surface area (Å²) in [7, 11) is 1.73. The number of benzene rings is 1. The van der Waals surface area contributed by atoms with Crippen molar-refractivity contribution in [2.24, 2.45) is 10.9 Å². The predicted octanol–water partition coefficient (Wildman–Crippen LogP) is 2.41. The molecule has 0 aromatic heterocycles. The zero-order valence-electron chi connectivity index (χ0n) is 12.6. The molecule has 4 nitrogen and oxygen atoms in total. The van der Waals surface area contributed by atoms with Gasteiger partial charge in [0.15, 0.2) is 0 Å². The van der Waals surface area contributed by atoms with Crippen LogP contribution in [0.2, 0.25) is 0 Å². The number of rotatable bonds is 7. The summed E-state index contributed by atoms with van der Waals surface area (Å²) in [6.45, 7) is 7.34. The molecule has 0 spiro atoms. The Morgan fingerprint density at radius 2 is 2.15 bits per heavy atom. The topological polar surface area (TPSA) is 42.9 Å². The van der Waals surface area contributed by atoms with Gasteiger partial charge in [0.2, 0.25) is 0 Å². The Morgan fingerprint density at radius 1 is 1.30 bits per heavy atom. The van der Waals surface area contributed by atoms with E-state index in [4.69, 9.17) is 9.47 Å². The molecule has 0 radical (unpaired) electrons. The third-order valence-corrected chi connectivity index (χ3v) is 3.25. The number of nitrogens with zero attached hydrogens (tertiary/aromatic N) is 1. The molecule has 0 saturated heterocycles. The van der Waals surface area contributed by atoms with Crippen LogP contribution in [0.15, 0.2) is 23.2 Å². The monoisotopic (exact) mass is 276 g/mol. The fourth-order valence-corrected chi connectivity index (χ4v) is 2.37. The van der Waals surface area contributed by atoms with E-state index in [0.717, 1.165) is 31.1 Å². The minimum atomic E-state index is 0.515. The first kappa shape index (κ1) is 14.9. The second kappa shape index (κ2) is 7.29. The van der Waals surface area contributed by atoms with Crippen molar-refractivity contribution in [3.63, 3.8) is 0 Å². The summed E-state index contributed by atoms with van der Waals surface area (Å²) < 4.78 is 11.3. The maximum atomic E-state index is 5.96. The van der Waals surface area contributed by atoms with Crippen molar-refractivity contribution in [2.45, 2.75) is 26.9 Å². The lowest BCUT2D eigenvalue weighted by molar-refractivity contribution is 0.183. The highest BCUT2D eigenvalue weighted by atomic mass is 16.5. The van der Waals surface area contributed by atoms with Gasteiger partial charge in [0.25, 0.3) is 0 Å². The first-order valence-corrected chi connectivity index (χ1v) is 7.20. The molecule has 20 heavy (non-hydrogen) atoms. The molecule has 0 aliphatic carbocycles. The van der Waals surface area contributed by atoms with E-state index < -0.39 is 0 Å². The van der Waals surface area contributed by atoms with Crippen LogP contribution in [-0.2, 0) is 17.8 Å². The SMILES string of the molecule is COCc1cccc(OCC2=NCCN2)c1CC(C)C. The molecule has 0 amide bonds. The highest BCUT2D eigenvalue weighted by molar-refractivity contribution is 5.85. The van der Waals surface area contributed by atoms with E-state index in [2.05, 4.69) is 30.2 Å². The van der Waals surface area contributed by atoms with E-state index >= 15 is 0 Å². The molecular formula is C16H24N2O2. The first-order valence-electron chi connectivity index (χ1n) is 7.20. The van der Waals surface area contributed by atoms with Gasteiger partial charge >= 0.3 is 0 Å².